The zero-order chi connectivity index (χ0) is 22.3. The van der Waals surface area contributed by atoms with E-state index < -0.39 is 0 Å². The van der Waals surface area contributed by atoms with Crippen molar-refractivity contribution in [2.45, 2.75) is 10.1 Å². The summed E-state index contributed by atoms with van der Waals surface area (Å²) in [7, 11) is 1.91. The molecule has 2 heterocycles. The van der Waals surface area contributed by atoms with Gasteiger partial charge in [0.2, 0.25) is 0 Å². The molecule has 32 heavy (non-hydrogen) atoms. The van der Waals surface area contributed by atoms with Crippen molar-refractivity contribution < 1.29 is 18.7 Å². The molecule has 4 aromatic rings. The zero-order valence-electron chi connectivity index (χ0n) is 17.1. The van der Waals surface area contributed by atoms with Crippen LogP contribution in [0.3, 0.4) is 0 Å². The van der Waals surface area contributed by atoms with Crippen molar-refractivity contribution in [3.05, 3.63) is 85.1 Å². The van der Waals surface area contributed by atoms with Crippen LogP contribution in [0, 0.1) is 0 Å². The van der Waals surface area contributed by atoms with Gasteiger partial charge in [0.05, 0.1) is 12.0 Å². The lowest BCUT2D eigenvalue weighted by molar-refractivity contribution is -0.118. The fourth-order valence-corrected chi connectivity index (χ4v) is 3.70. The quantitative estimate of drug-likeness (QED) is 0.414. The average Bonchev–Trinajstić information content (AvgIpc) is 3.46. The Bertz CT molecular complexity index is 1220. The van der Waals surface area contributed by atoms with Crippen molar-refractivity contribution >= 4 is 35.0 Å². The molecule has 2 aromatic carbocycles. The normalized spacial score (nSPS) is 10.5. The molecule has 0 aliphatic rings. The van der Waals surface area contributed by atoms with Gasteiger partial charge in [-0.25, -0.2) is 4.98 Å². The number of aryl methyl sites for hydroxylation is 1. The molecule has 0 unspecified atom stereocenters. The number of benzene rings is 2. The first-order valence-electron chi connectivity index (χ1n) is 9.70. The van der Waals surface area contributed by atoms with Gasteiger partial charge in [0.25, 0.3) is 11.8 Å². The summed E-state index contributed by atoms with van der Waals surface area (Å²) in [5.41, 5.74) is 1.20. The molecule has 0 atom stereocenters. The Labute approximate surface area is 188 Å². The fraction of sp³-hybridized carbons (Fsp3) is 0.0870. The Morgan fingerprint density at radius 1 is 1.09 bits per heavy atom. The molecule has 0 spiro atoms. The Morgan fingerprint density at radius 3 is 2.75 bits per heavy atom. The number of carbonyl (C=O) groups is 2. The smallest absolute Gasteiger partial charge is 0.291 e. The third-order valence-corrected chi connectivity index (χ3v) is 5.50. The van der Waals surface area contributed by atoms with Crippen molar-refractivity contribution in [2.24, 2.45) is 7.05 Å². The van der Waals surface area contributed by atoms with E-state index in [1.807, 2.05) is 42.1 Å². The van der Waals surface area contributed by atoms with Gasteiger partial charge in [-0.15, -0.1) is 0 Å². The second-order valence-corrected chi connectivity index (χ2v) is 7.72. The number of nitrogens with zero attached hydrogens (tertiary/aromatic N) is 2. The van der Waals surface area contributed by atoms with Crippen molar-refractivity contribution in [3.63, 3.8) is 0 Å². The zero-order valence-corrected chi connectivity index (χ0v) is 18.0. The number of imidazole rings is 1. The number of nitrogens with one attached hydrogen (secondary N) is 2. The van der Waals surface area contributed by atoms with Gasteiger partial charge in [0, 0.05) is 36.1 Å². The van der Waals surface area contributed by atoms with Gasteiger partial charge < -0.3 is 24.4 Å². The van der Waals surface area contributed by atoms with Crippen LogP contribution < -0.4 is 15.4 Å². The van der Waals surface area contributed by atoms with E-state index in [1.54, 1.807) is 42.6 Å². The molecular formula is C23H20N4O4S. The minimum atomic E-state index is -0.369. The maximum Gasteiger partial charge on any atom is 0.291 e. The number of hydrogen-bond acceptors (Lipinski definition) is 6. The van der Waals surface area contributed by atoms with Crippen LogP contribution in [0.2, 0.25) is 0 Å². The van der Waals surface area contributed by atoms with Gasteiger partial charge in [-0.05, 0) is 48.2 Å². The number of hydrogen-bond donors (Lipinski definition) is 2. The monoisotopic (exact) mass is 448 g/mol. The van der Waals surface area contributed by atoms with Gasteiger partial charge in [0.15, 0.2) is 17.5 Å². The molecule has 4 rings (SSSR count). The van der Waals surface area contributed by atoms with Crippen LogP contribution in [0.15, 0.2) is 93.8 Å². The van der Waals surface area contributed by atoms with E-state index in [9.17, 15) is 9.59 Å². The van der Waals surface area contributed by atoms with Gasteiger partial charge in [0.1, 0.15) is 5.75 Å². The summed E-state index contributed by atoms with van der Waals surface area (Å²) in [5.74, 6) is -0.0135. The van der Waals surface area contributed by atoms with E-state index >= 15 is 0 Å². The Morgan fingerprint density at radius 2 is 1.97 bits per heavy atom. The highest BCUT2D eigenvalue weighted by Gasteiger charge is 2.12. The molecule has 0 saturated carbocycles. The van der Waals surface area contributed by atoms with E-state index in [4.69, 9.17) is 9.15 Å². The summed E-state index contributed by atoms with van der Waals surface area (Å²) >= 11 is 1.46. The van der Waals surface area contributed by atoms with Gasteiger partial charge in [-0.3, -0.25) is 9.59 Å². The van der Waals surface area contributed by atoms with E-state index in [2.05, 4.69) is 15.6 Å². The number of anilines is 2. The van der Waals surface area contributed by atoms with E-state index in [1.165, 1.54) is 18.0 Å². The highest BCUT2D eigenvalue weighted by molar-refractivity contribution is 7.99. The molecule has 2 amide bonds. The second-order valence-electron chi connectivity index (χ2n) is 6.72. The fourth-order valence-electron chi connectivity index (χ4n) is 2.81. The number of amides is 2. The van der Waals surface area contributed by atoms with Gasteiger partial charge in [-0.2, -0.15) is 0 Å². The van der Waals surface area contributed by atoms with Crippen molar-refractivity contribution in [3.8, 4) is 5.75 Å². The molecular weight excluding hydrogens is 428 g/mol. The van der Waals surface area contributed by atoms with Crippen molar-refractivity contribution in [2.75, 3.05) is 17.2 Å². The Hall–Kier alpha value is -3.98. The van der Waals surface area contributed by atoms with Crippen LogP contribution in [-0.2, 0) is 11.8 Å². The first-order chi connectivity index (χ1) is 15.6. The topological polar surface area (TPSA) is 98.4 Å². The number of carbonyl (C=O) groups excluding carboxylic acids is 2. The van der Waals surface area contributed by atoms with Crippen LogP contribution in [0.5, 0.6) is 5.75 Å². The Balaban J connectivity index is 1.35. The SMILES string of the molecule is Cn1ccnc1Sc1ccccc1NC(=O)COc1cccc(NC(=O)c2ccco2)c1. The molecule has 8 nitrogen and oxygen atoms in total. The highest BCUT2D eigenvalue weighted by Crippen LogP contribution is 2.32. The number of ether oxygens (including phenoxy) is 1. The van der Waals surface area contributed by atoms with Crippen LogP contribution >= 0.6 is 11.8 Å². The summed E-state index contributed by atoms with van der Waals surface area (Å²) in [6.07, 6.45) is 5.02. The van der Waals surface area contributed by atoms with Crippen LogP contribution in [0.25, 0.3) is 0 Å². The second kappa shape index (κ2) is 9.88. The van der Waals surface area contributed by atoms with Crippen LogP contribution in [-0.4, -0.2) is 28.0 Å². The molecule has 2 aromatic heterocycles. The van der Waals surface area contributed by atoms with Gasteiger partial charge >= 0.3 is 0 Å². The molecule has 0 aliphatic carbocycles. The number of furan rings is 1. The third-order valence-electron chi connectivity index (χ3n) is 4.35. The molecule has 0 bridgehead atoms. The molecule has 9 heteroatoms. The van der Waals surface area contributed by atoms with Crippen LogP contribution in [0.4, 0.5) is 11.4 Å². The molecule has 0 fully saturated rings. The van der Waals surface area contributed by atoms with E-state index in [0.29, 0.717) is 17.1 Å². The lowest BCUT2D eigenvalue weighted by atomic mass is 10.3. The highest BCUT2D eigenvalue weighted by atomic mass is 32.2. The summed E-state index contributed by atoms with van der Waals surface area (Å²) in [6, 6.07) is 17.5. The Kier molecular flexibility index (Phi) is 6.57. The first-order valence-corrected chi connectivity index (χ1v) is 10.5. The predicted octanol–water partition coefficient (Wildman–Crippen LogP) is 4.43. The van der Waals surface area contributed by atoms with E-state index in [-0.39, 0.29) is 24.2 Å². The lowest BCUT2D eigenvalue weighted by Gasteiger charge is -2.12. The van der Waals surface area contributed by atoms with E-state index in [0.717, 1.165) is 10.1 Å². The maximum absolute atomic E-state index is 12.5. The minimum Gasteiger partial charge on any atom is -0.484 e. The summed E-state index contributed by atoms with van der Waals surface area (Å²) in [5, 5.41) is 6.41. The standard InChI is InChI=1S/C23H20N4O4S/c1-27-12-11-24-23(27)32-20-10-3-2-8-18(20)26-21(28)15-31-17-7-4-6-16(14-17)25-22(29)19-9-5-13-30-19/h2-14H,15H2,1H3,(H,25,29)(H,26,28). The largest absolute Gasteiger partial charge is 0.484 e. The summed E-state index contributed by atoms with van der Waals surface area (Å²) in [6.45, 7) is -0.184. The number of rotatable bonds is 8. The minimum absolute atomic E-state index is 0.184. The van der Waals surface area contributed by atoms with Crippen molar-refractivity contribution in [1.82, 2.24) is 9.55 Å². The lowest BCUT2D eigenvalue weighted by Crippen LogP contribution is -2.20. The summed E-state index contributed by atoms with van der Waals surface area (Å²) in [4.78, 5) is 29.8. The molecule has 0 saturated heterocycles. The maximum atomic E-state index is 12.5. The molecule has 2 N–H and O–H groups in total. The van der Waals surface area contributed by atoms with Crippen molar-refractivity contribution in [1.29, 1.82) is 0 Å². The molecule has 0 radical (unpaired) electrons. The predicted molar refractivity (Wildman–Crippen MR) is 121 cm³/mol. The molecule has 0 aliphatic heterocycles. The van der Waals surface area contributed by atoms with Crippen LogP contribution in [0.1, 0.15) is 10.6 Å². The third kappa shape index (κ3) is 5.38. The average molecular weight is 449 g/mol. The number of para-hydroxylation sites is 1. The summed E-state index contributed by atoms with van der Waals surface area (Å²) < 4.78 is 12.6. The molecule has 162 valence electrons. The first kappa shape index (κ1) is 21.3. The van der Waals surface area contributed by atoms with Gasteiger partial charge in [-0.1, -0.05) is 18.2 Å². The number of aromatic nitrogens is 2.